The van der Waals surface area contributed by atoms with Crippen LogP contribution in [0.1, 0.15) is 51.6 Å². The second-order valence-corrected chi connectivity index (χ2v) is 14.3. The number of anilines is 2. The number of ether oxygens (including phenoxy) is 1. The number of benzene rings is 5. The fourth-order valence-corrected chi connectivity index (χ4v) is 8.16. The summed E-state index contributed by atoms with van der Waals surface area (Å²) in [5.74, 6) is 2.02. The van der Waals surface area contributed by atoms with E-state index in [-0.39, 0.29) is 6.54 Å². The molecule has 9 nitrogen and oxygen atoms in total. The molecule has 4 N–H and O–H groups in total. The third-order valence-corrected chi connectivity index (χ3v) is 10.7. The van der Waals surface area contributed by atoms with Gasteiger partial charge < -0.3 is 20.1 Å². The van der Waals surface area contributed by atoms with Crippen molar-refractivity contribution in [3.63, 3.8) is 0 Å². The minimum Gasteiger partial charge on any atom is -0.497 e. The van der Waals surface area contributed by atoms with Gasteiger partial charge in [0.2, 0.25) is 0 Å². The predicted octanol–water partition coefficient (Wildman–Crippen LogP) is 8.25. The van der Waals surface area contributed by atoms with Crippen molar-refractivity contribution < 1.29 is 14.6 Å². The Kier molecular flexibility index (Phi) is 9.55. The maximum atomic E-state index is 13.2. The number of methoxy groups -OCH3 is 1. The smallest absolute Gasteiger partial charge is 0.320 e. The van der Waals surface area contributed by atoms with E-state index in [0.29, 0.717) is 18.8 Å². The largest absolute Gasteiger partial charge is 0.497 e. The number of carbonyl (C=O) groups is 1. The topological polar surface area (TPSA) is 115 Å². The zero-order chi connectivity index (χ0) is 38.0. The first-order valence-electron chi connectivity index (χ1n) is 18.6. The molecule has 55 heavy (non-hydrogen) atoms. The fraction of sp³-hybridized carbons (Fsp3) is 0.196. The van der Waals surface area contributed by atoms with Gasteiger partial charge in [0.1, 0.15) is 22.7 Å². The van der Waals surface area contributed by atoms with Crippen LogP contribution < -0.4 is 20.3 Å². The number of carbonyl (C=O) groups excluding carboxylic acids is 1. The highest BCUT2D eigenvalue weighted by molar-refractivity contribution is 5.98. The molecular formula is C46H44N6O3. The number of H-pyrrole nitrogens is 1. The molecule has 276 valence electrons. The molecule has 0 unspecified atom stereocenters. The monoisotopic (exact) mass is 728 g/mol. The number of hydrogen-bond acceptors (Lipinski definition) is 6. The van der Waals surface area contributed by atoms with Crippen LogP contribution in [0.25, 0.3) is 10.9 Å². The molecule has 0 saturated carbocycles. The molecule has 0 saturated heterocycles. The van der Waals surface area contributed by atoms with Crippen molar-refractivity contribution >= 4 is 28.6 Å². The Morgan fingerprint density at radius 3 is 2.16 bits per heavy atom. The van der Waals surface area contributed by atoms with Crippen molar-refractivity contribution in [2.45, 2.75) is 37.8 Å². The Balaban J connectivity index is 1.19. The molecular weight excluding hydrogens is 685 g/mol. The molecule has 1 aliphatic heterocycles. The van der Waals surface area contributed by atoms with E-state index >= 15 is 0 Å². The van der Waals surface area contributed by atoms with Crippen LogP contribution in [0.2, 0.25) is 0 Å². The van der Waals surface area contributed by atoms with E-state index in [9.17, 15) is 9.90 Å². The van der Waals surface area contributed by atoms with Gasteiger partial charge in [-0.2, -0.15) is 5.10 Å². The Hall–Kier alpha value is -6.45. The van der Waals surface area contributed by atoms with E-state index in [1.807, 2.05) is 49.4 Å². The number of aromatic amines is 1. The van der Waals surface area contributed by atoms with Gasteiger partial charge in [0, 0.05) is 19.0 Å². The van der Waals surface area contributed by atoms with Gasteiger partial charge >= 0.3 is 6.03 Å². The summed E-state index contributed by atoms with van der Waals surface area (Å²) in [6.45, 7) is 4.28. The summed E-state index contributed by atoms with van der Waals surface area (Å²) in [7, 11) is 1.69. The lowest BCUT2D eigenvalue weighted by atomic mass is 9.72. The number of amides is 2. The molecule has 5 aromatic carbocycles. The van der Waals surface area contributed by atoms with Gasteiger partial charge in [-0.3, -0.25) is 10.4 Å². The number of aliphatic hydroxyl groups is 1. The maximum absolute atomic E-state index is 13.2. The summed E-state index contributed by atoms with van der Waals surface area (Å²) >= 11 is 0. The maximum Gasteiger partial charge on any atom is 0.320 e. The van der Waals surface area contributed by atoms with Gasteiger partial charge in [-0.05, 0) is 71.3 Å². The fourth-order valence-electron chi connectivity index (χ4n) is 8.16. The second kappa shape index (κ2) is 14.8. The van der Waals surface area contributed by atoms with Gasteiger partial charge in [-0.1, -0.05) is 121 Å². The molecule has 9 heteroatoms. The standard InChI is InChI=1S/C46H44N6O3/c1-31-14-10-12-20-37(31)45(2,54)30-47-44(53)49-41-29-40-42-39(48-41)26-27-52(43(42)51-50-40)46(34-16-6-4-7-17-34,35-18-8-5-9-19-35)38-21-13-11-15-33(38)28-32-22-24-36(55-3)25-23-32/h4-25,29,54H,26-28,30H2,1-3H3,(H,50,51)(H2,47,48,49,53)/t45-/m1/s1. The van der Waals surface area contributed by atoms with Crippen molar-refractivity contribution in [1.82, 2.24) is 20.5 Å². The van der Waals surface area contributed by atoms with Crippen LogP contribution in [0.15, 0.2) is 140 Å². The lowest BCUT2D eigenvalue weighted by Crippen LogP contribution is -2.51. The van der Waals surface area contributed by atoms with E-state index in [4.69, 9.17) is 14.8 Å². The molecule has 0 bridgehead atoms. The summed E-state index contributed by atoms with van der Waals surface area (Å²) in [6, 6.07) is 47.3. The third kappa shape index (κ3) is 6.68. The molecule has 8 rings (SSSR count). The third-order valence-electron chi connectivity index (χ3n) is 10.7. The Morgan fingerprint density at radius 2 is 1.49 bits per heavy atom. The highest BCUT2D eigenvalue weighted by atomic mass is 16.5. The van der Waals surface area contributed by atoms with Gasteiger partial charge in [0.15, 0.2) is 5.82 Å². The summed E-state index contributed by atoms with van der Waals surface area (Å²) in [5.41, 5.74) is 7.10. The van der Waals surface area contributed by atoms with Gasteiger partial charge in [0.25, 0.3) is 0 Å². The quantitative estimate of drug-likeness (QED) is 0.0998. The molecule has 0 radical (unpaired) electrons. The summed E-state index contributed by atoms with van der Waals surface area (Å²) < 4.78 is 5.45. The van der Waals surface area contributed by atoms with E-state index in [1.165, 1.54) is 11.1 Å². The van der Waals surface area contributed by atoms with Crippen LogP contribution in [0.5, 0.6) is 5.75 Å². The van der Waals surface area contributed by atoms with Crippen molar-refractivity contribution in [3.8, 4) is 5.75 Å². The summed E-state index contributed by atoms with van der Waals surface area (Å²) in [6.07, 6.45) is 1.34. The number of nitrogens with zero attached hydrogens (tertiary/aromatic N) is 3. The van der Waals surface area contributed by atoms with Gasteiger partial charge in [0.05, 0.1) is 30.3 Å². The van der Waals surface area contributed by atoms with Crippen LogP contribution in [-0.2, 0) is 24.0 Å². The minimum absolute atomic E-state index is 0.0307. The number of aromatic nitrogens is 3. The van der Waals surface area contributed by atoms with Crippen LogP contribution in [0.3, 0.4) is 0 Å². The normalized spacial score (nSPS) is 13.6. The molecule has 2 amide bonds. The highest BCUT2D eigenvalue weighted by Gasteiger charge is 2.46. The molecule has 0 fully saturated rings. The number of urea groups is 1. The number of aryl methyl sites for hydroxylation is 1. The van der Waals surface area contributed by atoms with Crippen molar-refractivity contribution in [1.29, 1.82) is 0 Å². The van der Waals surface area contributed by atoms with E-state index < -0.39 is 17.2 Å². The lowest BCUT2D eigenvalue weighted by Gasteiger charge is -2.48. The minimum atomic E-state index is -1.24. The zero-order valence-corrected chi connectivity index (χ0v) is 31.2. The first kappa shape index (κ1) is 35.6. The first-order valence-corrected chi connectivity index (χ1v) is 18.6. The van der Waals surface area contributed by atoms with Crippen molar-refractivity contribution in [3.05, 3.63) is 184 Å². The van der Waals surface area contributed by atoms with Crippen molar-refractivity contribution in [2.75, 3.05) is 30.4 Å². The number of rotatable bonds is 11. The van der Waals surface area contributed by atoms with Crippen LogP contribution in [0, 0.1) is 6.92 Å². The molecule has 2 aromatic heterocycles. The number of hydrogen-bond donors (Lipinski definition) is 4. The Bertz CT molecular complexity index is 2410. The van der Waals surface area contributed by atoms with Gasteiger partial charge in [-0.15, -0.1) is 0 Å². The van der Waals surface area contributed by atoms with E-state index in [0.717, 1.165) is 62.4 Å². The average molecular weight is 729 g/mol. The SMILES string of the molecule is COc1ccc(Cc2ccccc2C(c2ccccc2)(c2ccccc2)N2CCc3nc(NC(=O)NC[C@@](C)(O)c4ccccc4C)cc4[nH]nc2c34)cc1. The molecule has 0 spiro atoms. The van der Waals surface area contributed by atoms with E-state index in [1.54, 1.807) is 14.0 Å². The van der Waals surface area contributed by atoms with Crippen LogP contribution >= 0.6 is 0 Å². The zero-order valence-electron chi connectivity index (χ0n) is 31.2. The molecule has 7 aromatic rings. The summed E-state index contributed by atoms with van der Waals surface area (Å²) in [5, 5.41) is 26.1. The molecule has 1 atom stereocenters. The van der Waals surface area contributed by atoms with Crippen LogP contribution in [0.4, 0.5) is 16.4 Å². The van der Waals surface area contributed by atoms with Crippen LogP contribution in [-0.4, -0.2) is 46.5 Å². The first-order chi connectivity index (χ1) is 26.8. The van der Waals surface area contributed by atoms with E-state index in [2.05, 4.69) is 118 Å². The number of nitrogens with one attached hydrogen (secondary N) is 3. The predicted molar refractivity (Wildman–Crippen MR) is 218 cm³/mol. The van der Waals surface area contributed by atoms with Gasteiger partial charge in [-0.25, -0.2) is 9.78 Å². The number of pyridine rings is 1. The molecule has 1 aliphatic rings. The average Bonchev–Trinajstić information content (AvgIpc) is 3.64. The molecule has 0 aliphatic carbocycles. The highest BCUT2D eigenvalue weighted by Crippen LogP contribution is 2.49. The molecule has 3 heterocycles. The Morgan fingerprint density at radius 1 is 0.855 bits per heavy atom. The Labute approximate surface area is 321 Å². The lowest BCUT2D eigenvalue weighted by molar-refractivity contribution is 0.0593. The summed E-state index contributed by atoms with van der Waals surface area (Å²) in [4.78, 5) is 20.5. The van der Waals surface area contributed by atoms with Crippen molar-refractivity contribution in [2.24, 2.45) is 0 Å². The second-order valence-electron chi connectivity index (χ2n) is 14.3.